The molecular weight excluding hydrogens is 737 g/mol. The Kier molecular flexibility index (Phi) is 8.28. The molecule has 0 atom stereocenters. The number of nitrogens with zero attached hydrogens (tertiary/aromatic N) is 2. The minimum absolute atomic E-state index is 0.847. The zero-order valence-electron chi connectivity index (χ0n) is 33.5. The maximum Gasteiger partial charge on any atom is 0.0541 e. The highest BCUT2D eigenvalue weighted by Crippen LogP contribution is 2.47. The van der Waals surface area contributed by atoms with Crippen LogP contribution in [0.5, 0.6) is 0 Å². The first-order chi connectivity index (χ1) is 30.2. The van der Waals surface area contributed by atoms with Gasteiger partial charge in [-0.2, -0.15) is 0 Å². The fraction of sp³-hybridized carbons (Fsp3) is 0.0169. The Morgan fingerprint density at radius 1 is 0.295 bits per heavy atom. The molecule has 0 unspecified atom stereocenters. The molecule has 10 aromatic carbocycles. The molecule has 1 aliphatic rings. The summed E-state index contributed by atoms with van der Waals surface area (Å²) in [7, 11) is 0. The van der Waals surface area contributed by atoms with Crippen molar-refractivity contribution in [3.05, 3.63) is 242 Å². The van der Waals surface area contributed by atoms with Crippen LogP contribution >= 0.6 is 0 Å². The van der Waals surface area contributed by atoms with Crippen LogP contribution in [0.25, 0.3) is 82.8 Å². The predicted molar refractivity (Wildman–Crippen MR) is 258 cm³/mol. The van der Waals surface area contributed by atoms with Gasteiger partial charge >= 0.3 is 0 Å². The molecule has 2 nitrogen and oxygen atoms in total. The highest BCUT2D eigenvalue weighted by molar-refractivity contribution is 6.10. The van der Waals surface area contributed by atoms with Gasteiger partial charge in [-0.3, -0.25) is 0 Å². The summed E-state index contributed by atoms with van der Waals surface area (Å²) in [6.07, 6.45) is 0.847. The van der Waals surface area contributed by atoms with E-state index in [2.05, 4.69) is 240 Å². The van der Waals surface area contributed by atoms with Crippen LogP contribution in [-0.4, -0.2) is 4.57 Å². The quantitative estimate of drug-likeness (QED) is 0.163. The summed E-state index contributed by atoms with van der Waals surface area (Å²) in [5.74, 6) is 0. The molecule has 0 spiro atoms. The van der Waals surface area contributed by atoms with Crippen molar-refractivity contribution in [2.45, 2.75) is 6.42 Å². The normalized spacial score (nSPS) is 12.2. The van der Waals surface area contributed by atoms with E-state index in [4.69, 9.17) is 0 Å². The maximum atomic E-state index is 2.45. The van der Waals surface area contributed by atoms with E-state index in [0.717, 1.165) is 17.8 Å². The minimum atomic E-state index is 0.847. The van der Waals surface area contributed by atoms with Crippen LogP contribution in [0, 0.1) is 0 Å². The van der Waals surface area contributed by atoms with Gasteiger partial charge in [0.1, 0.15) is 0 Å². The molecule has 0 saturated carbocycles. The van der Waals surface area contributed by atoms with E-state index in [1.165, 1.54) is 99.6 Å². The number of aromatic nitrogens is 1. The second-order valence-corrected chi connectivity index (χ2v) is 16.1. The second-order valence-electron chi connectivity index (χ2n) is 16.1. The molecule has 0 N–H and O–H groups in total. The third-order valence-corrected chi connectivity index (χ3v) is 12.6. The predicted octanol–water partition coefficient (Wildman–Crippen LogP) is 16.0. The van der Waals surface area contributed by atoms with E-state index in [1.807, 2.05) is 0 Å². The molecule has 0 saturated heterocycles. The van der Waals surface area contributed by atoms with E-state index >= 15 is 0 Å². The van der Waals surface area contributed by atoms with E-state index in [-0.39, 0.29) is 0 Å². The van der Waals surface area contributed by atoms with Crippen molar-refractivity contribution in [1.29, 1.82) is 0 Å². The third-order valence-electron chi connectivity index (χ3n) is 12.6. The van der Waals surface area contributed by atoms with Crippen molar-refractivity contribution in [2.24, 2.45) is 0 Å². The number of para-hydroxylation sites is 1. The minimum Gasteiger partial charge on any atom is -0.310 e. The SMILES string of the molecule is c1ccc(-c2ccc(N3c4ccc(-c5ccc(-n6c7ccccc7c7cc(-c8ccccc8)ccc76)cc5)cc4Cc4cc(-c5cccc6ccccc56)ccc43)cc2)cc1. The number of hydrogen-bond acceptors (Lipinski definition) is 1. The van der Waals surface area contributed by atoms with E-state index < -0.39 is 0 Å². The standard InChI is InChI=1S/C59H40N2/c1-3-12-40(13-4-1)42-22-29-50(30-23-42)60-56-33-26-45(36-48(56)38-49-37-47(28-34-57(49)60)53-20-11-17-44-16-7-8-18-52(44)53)43-24-31-51(32-25-43)61-58-21-10-9-19-54(58)55-39-46(27-35-59(55)61)41-14-5-2-6-15-41/h1-37,39H,38H2. The number of hydrogen-bond donors (Lipinski definition) is 0. The first-order valence-electron chi connectivity index (χ1n) is 21.1. The Morgan fingerprint density at radius 2 is 0.787 bits per heavy atom. The molecule has 286 valence electrons. The van der Waals surface area contributed by atoms with Crippen LogP contribution in [0.15, 0.2) is 231 Å². The van der Waals surface area contributed by atoms with Gasteiger partial charge in [0.25, 0.3) is 0 Å². The number of anilines is 3. The fourth-order valence-electron chi connectivity index (χ4n) is 9.63. The van der Waals surface area contributed by atoms with Gasteiger partial charge in [0.15, 0.2) is 0 Å². The van der Waals surface area contributed by atoms with Gasteiger partial charge in [-0.15, -0.1) is 0 Å². The summed E-state index contributed by atoms with van der Waals surface area (Å²) >= 11 is 0. The van der Waals surface area contributed by atoms with Gasteiger partial charge in [-0.1, -0.05) is 164 Å². The summed E-state index contributed by atoms with van der Waals surface area (Å²) in [6.45, 7) is 0. The lowest BCUT2D eigenvalue weighted by molar-refractivity contribution is 1.09. The maximum absolute atomic E-state index is 2.45. The average molecular weight is 777 g/mol. The molecule has 11 aromatic rings. The lowest BCUT2D eigenvalue weighted by Gasteiger charge is -2.34. The molecule has 0 bridgehead atoms. The van der Waals surface area contributed by atoms with Crippen molar-refractivity contribution in [3.63, 3.8) is 0 Å². The van der Waals surface area contributed by atoms with Gasteiger partial charge in [0, 0.05) is 39.9 Å². The summed E-state index contributed by atoms with van der Waals surface area (Å²) < 4.78 is 2.40. The molecule has 0 amide bonds. The Hall–Kier alpha value is -7.94. The van der Waals surface area contributed by atoms with E-state index in [9.17, 15) is 0 Å². The van der Waals surface area contributed by atoms with Gasteiger partial charge in [0.05, 0.1) is 11.0 Å². The summed E-state index contributed by atoms with van der Waals surface area (Å²) in [4.78, 5) is 2.45. The van der Waals surface area contributed by atoms with Crippen LogP contribution in [0.2, 0.25) is 0 Å². The first kappa shape index (κ1) is 35.0. The van der Waals surface area contributed by atoms with Crippen LogP contribution in [0.4, 0.5) is 17.1 Å². The molecule has 0 fully saturated rings. The zero-order chi connectivity index (χ0) is 40.3. The molecule has 0 aliphatic carbocycles. The van der Waals surface area contributed by atoms with Crippen LogP contribution in [0.1, 0.15) is 11.1 Å². The average Bonchev–Trinajstić information content (AvgIpc) is 3.67. The van der Waals surface area contributed by atoms with Gasteiger partial charge in [-0.05, 0) is 133 Å². The smallest absolute Gasteiger partial charge is 0.0541 e. The fourth-order valence-corrected chi connectivity index (χ4v) is 9.63. The number of benzene rings is 10. The topological polar surface area (TPSA) is 8.17 Å². The first-order valence-corrected chi connectivity index (χ1v) is 21.1. The number of fused-ring (bicyclic) bond motifs is 6. The zero-order valence-corrected chi connectivity index (χ0v) is 33.5. The molecule has 2 heteroatoms. The molecule has 61 heavy (non-hydrogen) atoms. The van der Waals surface area contributed by atoms with Crippen molar-refractivity contribution in [1.82, 2.24) is 4.57 Å². The largest absolute Gasteiger partial charge is 0.310 e. The molecule has 1 aliphatic heterocycles. The summed E-state index contributed by atoms with van der Waals surface area (Å²) in [5.41, 5.74) is 19.6. The summed E-state index contributed by atoms with van der Waals surface area (Å²) in [5, 5.41) is 5.06. The van der Waals surface area contributed by atoms with E-state index in [0.29, 0.717) is 0 Å². The van der Waals surface area contributed by atoms with Gasteiger partial charge < -0.3 is 9.47 Å². The summed E-state index contributed by atoms with van der Waals surface area (Å²) in [6, 6.07) is 84.5. The monoisotopic (exact) mass is 776 g/mol. The van der Waals surface area contributed by atoms with E-state index in [1.54, 1.807) is 0 Å². The highest BCUT2D eigenvalue weighted by Gasteiger charge is 2.26. The Morgan fingerprint density at radius 3 is 1.52 bits per heavy atom. The Balaban J connectivity index is 0.937. The van der Waals surface area contributed by atoms with Gasteiger partial charge in [0.2, 0.25) is 0 Å². The molecule has 1 aromatic heterocycles. The molecular formula is C59H40N2. The molecule has 0 radical (unpaired) electrons. The third kappa shape index (κ3) is 6.03. The second kappa shape index (κ2) is 14.4. The van der Waals surface area contributed by atoms with Gasteiger partial charge in [-0.25, -0.2) is 0 Å². The van der Waals surface area contributed by atoms with Crippen molar-refractivity contribution < 1.29 is 0 Å². The van der Waals surface area contributed by atoms with Crippen molar-refractivity contribution >= 4 is 49.6 Å². The molecule has 2 heterocycles. The molecule has 12 rings (SSSR count). The van der Waals surface area contributed by atoms with Crippen LogP contribution in [0.3, 0.4) is 0 Å². The Labute approximate surface area is 355 Å². The number of rotatable bonds is 6. The highest BCUT2D eigenvalue weighted by atomic mass is 15.2. The van der Waals surface area contributed by atoms with Crippen molar-refractivity contribution in [2.75, 3.05) is 4.90 Å². The lowest BCUT2D eigenvalue weighted by atomic mass is 9.89. The lowest BCUT2D eigenvalue weighted by Crippen LogP contribution is -2.18. The van der Waals surface area contributed by atoms with Crippen molar-refractivity contribution in [3.8, 4) is 50.2 Å². The van der Waals surface area contributed by atoms with Crippen LogP contribution < -0.4 is 4.90 Å². The Bertz CT molecular complexity index is 3410. The van der Waals surface area contributed by atoms with Crippen LogP contribution in [-0.2, 0) is 6.42 Å².